The monoisotopic (exact) mass is 210 g/mol. The molecule has 0 aromatic carbocycles. The van der Waals surface area contributed by atoms with Crippen LogP contribution in [0.5, 0.6) is 0 Å². The Morgan fingerprint density at radius 3 is 3.07 bits per heavy atom. The second-order valence-electron chi connectivity index (χ2n) is 3.03. The molecule has 1 aromatic heterocycles. The van der Waals surface area contributed by atoms with Crippen LogP contribution in [0.15, 0.2) is 24.4 Å². The van der Waals surface area contributed by atoms with Crippen molar-refractivity contribution in [2.75, 3.05) is 5.75 Å². The standard InChI is InChI=1S/C9H10N2O2S/c12-9(13)7-5-14-8(11-7)6-3-1-2-4-10-6/h1-4,7-8,11H,5H2,(H,12,13)/t7-,8?/m0/s1. The summed E-state index contributed by atoms with van der Waals surface area (Å²) in [6.07, 6.45) is 1.71. The lowest BCUT2D eigenvalue weighted by molar-refractivity contribution is -0.138. The van der Waals surface area contributed by atoms with Crippen LogP contribution < -0.4 is 5.32 Å². The molecule has 2 N–H and O–H groups in total. The molecule has 1 aliphatic rings. The van der Waals surface area contributed by atoms with Crippen molar-refractivity contribution in [2.45, 2.75) is 11.4 Å². The summed E-state index contributed by atoms with van der Waals surface area (Å²) in [6, 6.07) is 5.19. The van der Waals surface area contributed by atoms with Crippen LogP contribution in [0.4, 0.5) is 0 Å². The van der Waals surface area contributed by atoms with Crippen LogP contribution in [-0.4, -0.2) is 27.9 Å². The number of nitrogens with one attached hydrogen (secondary N) is 1. The molecular weight excluding hydrogens is 200 g/mol. The smallest absolute Gasteiger partial charge is 0.321 e. The van der Waals surface area contributed by atoms with Gasteiger partial charge in [0, 0.05) is 11.9 Å². The average Bonchev–Trinajstić information content (AvgIpc) is 2.68. The fourth-order valence-corrected chi connectivity index (χ4v) is 2.51. The van der Waals surface area contributed by atoms with Gasteiger partial charge >= 0.3 is 5.97 Å². The van der Waals surface area contributed by atoms with Gasteiger partial charge in [0.25, 0.3) is 0 Å². The zero-order chi connectivity index (χ0) is 9.97. The Kier molecular flexibility index (Phi) is 2.69. The molecule has 1 unspecified atom stereocenters. The highest BCUT2D eigenvalue weighted by Gasteiger charge is 2.30. The molecule has 1 aromatic rings. The van der Waals surface area contributed by atoms with Crippen molar-refractivity contribution in [3.8, 4) is 0 Å². The zero-order valence-corrected chi connectivity index (χ0v) is 8.20. The summed E-state index contributed by atoms with van der Waals surface area (Å²) >= 11 is 1.58. The SMILES string of the molecule is O=C(O)[C@@H]1CSC(c2ccccn2)N1. The highest BCUT2D eigenvalue weighted by Crippen LogP contribution is 2.31. The molecule has 5 heteroatoms. The van der Waals surface area contributed by atoms with Crippen molar-refractivity contribution in [1.29, 1.82) is 0 Å². The molecule has 1 fully saturated rings. The molecule has 2 rings (SSSR count). The number of thioether (sulfide) groups is 1. The number of hydrogen-bond acceptors (Lipinski definition) is 4. The van der Waals surface area contributed by atoms with Crippen LogP contribution >= 0.6 is 11.8 Å². The molecule has 0 radical (unpaired) electrons. The molecule has 0 spiro atoms. The number of aliphatic carboxylic acids is 1. The van der Waals surface area contributed by atoms with E-state index in [-0.39, 0.29) is 5.37 Å². The first kappa shape index (κ1) is 9.48. The molecule has 0 saturated carbocycles. The molecule has 0 amide bonds. The van der Waals surface area contributed by atoms with Gasteiger partial charge in [0.2, 0.25) is 0 Å². The number of rotatable bonds is 2. The van der Waals surface area contributed by atoms with Crippen LogP contribution in [-0.2, 0) is 4.79 Å². The molecule has 14 heavy (non-hydrogen) atoms. The number of hydrogen-bond donors (Lipinski definition) is 2. The van der Waals surface area contributed by atoms with Gasteiger partial charge < -0.3 is 5.11 Å². The maximum atomic E-state index is 10.7. The Balaban J connectivity index is 2.06. The largest absolute Gasteiger partial charge is 0.480 e. The Hall–Kier alpha value is -1.07. The molecule has 2 heterocycles. The summed E-state index contributed by atoms with van der Waals surface area (Å²) in [7, 11) is 0. The summed E-state index contributed by atoms with van der Waals surface area (Å²) in [5.74, 6) is -0.202. The van der Waals surface area contributed by atoms with E-state index >= 15 is 0 Å². The third-order valence-corrected chi connectivity index (χ3v) is 3.27. The minimum atomic E-state index is -0.795. The Morgan fingerprint density at radius 2 is 2.50 bits per heavy atom. The lowest BCUT2D eigenvalue weighted by Gasteiger charge is -2.09. The number of nitrogens with zero attached hydrogens (tertiary/aromatic N) is 1. The minimum absolute atomic E-state index is 0.0114. The van der Waals surface area contributed by atoms with E-state index in [0.717, 1.165) is 5.69 Å². The van der Waals surface area contributed by atoms with Crippen molar-refractivity contribution < 1.29 is 9.90 Å². The van der Waals surface area contributed by atoms with E-state index in [0.29, 0.717) is 5.75 Å². The molecule has 2 atom stereocenters. The first-order valence-electron chi connectivity index (χ1n) is 4.29. The van der Waals surface area contributed by atoms with Crippen LogP contribution in [0, 0.1) is 0 Å². The van der Waals surface area contributed by atoms with Crippen molar-refractivity contribution in [3.63, 3.8) is 0 Å². The van der Waals surface area contributed by atoms with Gasteiger partial charge in [-0.2, -0.15) is 0 Å². The van der Waals surface area contributed by atoms with Gasteiger partial charge in [-0.05, 0) is 12.1 Å². The number of carboxylic acid groups (broad SMARTS) is 1. The first-order valence-corrected chi connectivity index (χ1v) is 5.33. The Labute approximate surface area is 85.7 Å². The molecule has 0 bridgehead atoms. The minimum Gasteiger partial charge on any atom is -0.480 e. The van der Waals surface area contributed by atoms with E-state index in [4.69, 9.17) is 5.11 Å². The predicted octanol–water partition coefficient (Wildman–Crippen LogP) is 0.870. The fourth-order valence-electron chi connectivity index (χ4n) is 1.32. The second-order valence-corrected chi connectivity index (χ2v) is 4.16. The Morgan fingerprint density at radius 1 is 1.64 bits per heavy atom. The lowest BCUT2D eigenvalue weighted by atomic mass is 10.3. The number of carboxylic acids is 1. The van der Waals surface area contributed by atoms with Crippen LogP contribution in [0.25, 0.3) is 0 Å². The van der Waals surface area contributed by atoms with E-state index in [1.165, 1.54) is 0 Å². The molecule has 1 aliphatic heterocycles. The van der Waals surface area contributed by atoms with Gasteiger partial charge in [-0.15, -0.1) is 11.8 Å². The van der Waals surface area contributed by atoms with Crippen LogP contribution in [0.3, 0.4) is 0 Å². The van der Waals surface area contributed by atoms with Gasteiger partial charge in [0.1, 0.15) is 6.04 Å². The molecule has 1 saturated heterocycles. The highest BCUT2D eigenvalue weighted by atomic mass is 32.2. The molecule has 4 nitrogen and oxygen atoms in total. The van der Waals surface area contributed by atoms with Crippen molar-refractivity contribution in [3.05, 3.63) is 30.1 Å². The highest BCUT2D eigenvalue weighted by molar-refractivity contribution is 7.99. The van der Waals surface area contributed by atoms with Crippen molar-refractivity contribution >= 4 is 17.7 Å². The lowest BCUT2D eigenvalue weighted by Crippen LogP contribution is -2.33. The van der Waals surface area contributed by atoms with E-state index in [9.17, 15) is 4.79 Å². The van der Waals surface area contributed by atoms with Crippen molar-refractivity contribution in [2.24, 2.45) is 0 Å². The normalized spacial score (nSPS) is 26.3. The number of pyridine rings is 1. The summed E-state index contributed by atoms with van der Waals surface area (Å²) in [5.41, 5.74) is 0.890. The second kappa shape index (κ2) is 3.98. The third-order valence-electron chi connectivity index (χ3n) is 2.04. The fraction of sp³-hybridized carbons (Fsp3) is 0.333. The number of carbonyl (C=O) groups is 1. The van der Waals surface area contributed by atoms with Gasteiger partial charge in [-0.25, -0.2) is 0 Å². The summed E-state index contributed by atoms with van der Waals surface area (Å²) < 4.78 is 0. The molecule has 0 aliphatic carbocycles. The summed E-state index contributed by atoms with van der Waals surface area (Å²) in [4.78, 5) is 14.9. The third kappa shape index (κ3) is 1.88. The predicted molar refractivity (Wildman–Crippen MR) is 54.0 cm³/mol. The quantitative estimate of drug-likeness (QED) is 0.758. The van der Waals surface area contributed by atoms with Crippen LogP contribution in [0.1, 0.15) is 11.1 Å². The molecule has 74 valence electrons. The molecular formula is C9H10N2O2S. The van der Waals surface area contributed by atoms with Gasteiger partial charge in [0.05, 0.1) is 11.1 Å². The first-order chi connectivity index (χ1) is 6.77. The summed E-state index contributed by atoms with van der Waals surface area (Å²) in [5, 5.41) is 11.8. The van der Waals surface area contributed by atoms with E-state index in [1.54, 1.807) is 18.0 Å². The van der Waals surface area contributed by atoms with E-state index in [2.05, 4.69) is 10.3 Å². The van der Waals surface area contributed by atoms with Crippen molar-refractivity contribution in [1.82, 2.24) is 10.3 Å². The van der Waals surface area contributed by atoms with Gasteiger partial charge in [-0.3, -0.25) is 15.1 Å². The van der Waals surface area contributed by atoms with E-state index in [1.807, 2.05) is 18.2 Å². The summed E-state index contributed by atoms with van der Waals surface area (Å²) in [6.45, 7) is 0. The van der Waals surface area contributed by atoms with E-state index < -0.39 is 12.0 Å². The van der Waals surface area contributed by atoms with Crippen LogP contribution in [0.2, 0.25) is 0 Å². The van der Waals surface area contributed by atoms with Gasteiger partial charge in [-0.1, -0.05) is 6.07 Å². The average molecular weight is 210 g/mol. The number of aromatic nitrogens is 1. The zero-order valence-electron chi connectivity index (χ0n) is 7.38. The maximum Gasteiger partial charge on any atom is 0.321 e. The van der Waals surface area contributed by atoms with Gasteiger partial charge in [0.15, 0.2) is 0 Å². The Bertz CT molecular complexity index is 331. The topological polar surface area (TPSA) is 62.2 Å². The maximum absolute atomic E-state index is 10.7.